The van der Waals surface area contributed by atoms with E-state index in [-0.39, 0.29) is 0 Å². The van der Waals surface area contributed by atoms with Crippen LogP contribution in [-0.2, 0) is 0 Å². The Balaban J connectivity index is 0.960. The van der Waals surface area contributed by atoms with Crippen molar-refractivity contribution in [2.45, 2.75) is 0 Å². The van der Waals surface area contributed by atoms with Gasteiger partial charge >= 0.3 is 0 Å². The second-order valence-electron chi connectivity index (χ2n) is 14.9. The van der Waals surface area contributed by atoms with Gasteiger partial charge in [0.2, 0.25) is 0 Å². The highest BCUT2D eigenvalue weighted by atomic mass is 15.0. The number of rotatable bonds is 9. The van der Waals surface area contributed by atoms with Gasteiger partial charge in [0.25, 0.3) is 0 Å². The maximum atomic E-state index is 5.07. The number of hydrogen-bond donors (Lipinski definition) is 0. The monoisotopic (exact) mass is 765 g/mol. The van der Waals surface area contributed by atoms with Crippen LogP contribution in [-0.4, -0.2) is 15.0 Å². The Kier molecular flexibility index (Phi) is 9.97. The fourth-order valence-corrected chi connectivity index (χ4v) is 7.66. The summed E-state index contributed by atoms with van der Waals surface area (Å²) in [6.07, 6.45) is 0. The molecule has 60 heavy (non-hydrogen) atoms. The molecule has 0 N–H and O–H groups in total. The van der Waals surface area contributed by atoms with Crippen molar-refractivity contribution < 1.29 is 0 Å². The zero-order valence-corrected chi connectivity index (χ0v) is 32.9. The highest BCUT2D eigenvalue weighted by Gasteiger charge is 2.14. The molecule has 0 radical (unpaired) electrons. The first kappa shape index (κ1) is 36.3. The van der Waals surface area contributed by atoms with Gasteiger partial charge in [0.15, 0.2) is 17.5 Å². The summed E-state index contributed by atoms with van der Waals surface area (Å²) in [7, 11) is 0. The maximum absolute atomic E-state index is 5.07. The van der Waals surface area contributed by atoms with E-state index in [1.807, 2.05) is 18.2 Å². The first-order valence-electron chi connectivity index (χ1n) is 20.3. The highest BCUT2D eigenvalue weighted by molar-refractivity contribution is 5.77. The van der Waals surface area contributed by atoms with Crippen LogP contribution in [0.3, 0.4) is 0 Å². The third-order valence-corrected chi connectivity index (χ3v) is 11.0. The molecule has 0 atom stereocenters. The van der Waals surface area contributed by atoms with Gasteiger partial charge in [0.1, 0.15) is 0 Å². The van der Waals surface area contributed by atoms with Gasteiger partial charge in [0, 0.05) is 16.7 Å². The summed E-state index contributed by atoms with van der Waals surface area (Å²) in [4.78, 5) is 15.2. The number of nitrogens with zero attached hydrogens (tertiary/aromatic N) is 3. The normalized spacial score (nSPS) is 11.0. The maximum Gasteiger partial charge on any atom is 0.164 e. The fraction of sp³-hybridized carbons (Fsp3) is 0. The van der Waals surface area contributed by atoms with Gasteiger partial charge in [0.05, 0.1) is 0 Å². The lowest BCUT2D eigenvalue weighted by molar-refractivity contribution is 1.07. The molecule has 0 saturated heterocycles. The van der Waals surface area contributed by atoms with Crippen LogP contribution in [0.4, 0.5) is 0 Å². The van der Waals surface area contributed by atoms with Crippen molar-refractivity contribution in [3.8, 4) is 101 Å². The summed E-state index contributed by atoms with van der Waals surface area (Å²) < 4.78 is 0. The first-order valence-corrected chi connectivity index (χ1v) is 20.3. The van der Waals surface area contributed by atoms with E-state index in [0.717, 1.165) is 50.1 Å². The average molecular weight is 766 g/mol. The molecule has 1 heterocycles. The molecule has 0 bridgehead atoms. The fourth-order valence-electron chi connectivity index (χ4n) is 7.66. The number of aromatic nitrogens is 3. The molecule has 282 valence electrons. The second kappa shape index (κ2) is 16.5. The molecule has 1 aromatic heterocycles. The van der Waals surface area contributed by atoms with E-state index >= 15 is 0 Å². The van der Waals surface area contributed by atoms with E-state index in [9.17, 15) is 0 Å². The van der Waals surface area contributed by atoms with E-state index in [1.54, 1.807) is 0 Å². The second-order valence-corrected chi connectivity index (χ2v) is 14.9. The van der Waals surface area contributed by atoms with Crippen LogP contribution in [0.25, 0.3) is 101 Å². The van der Waals surface area contributed by atoms with E-state index in [2.05, 4.69) is 218 Å². The van der Waals surface area contributed by atoms with Gasteiger partial charge < -0.3 is 0 Å². The molecule has 0 saturated carbocycles. The first-order chi connectivity index (χ1) is 29.7. The molecule has 3 heteroatoms. The minimum Gasteiger partial charge on any atom is -0.208 e. The molecular formula is C57H39N3. The van der Waals surface area contributed by atoms with Crippen LogP contribution in [0.15, 0.2) is 237 Å². The molecule has 0 fully saturated rings. The topological polar surface area (TPSA) is 38.7 Å². The molecule has 0 aliphatic heterocycles. The highest BCUT2D eigenvalue weighted by Crippen LogP contribution is 2.32. The van der Waals surface area contributed by atoms with E-state index in [4.69, 9.17) is 15.0 Å². The molecule has 0 aliphatic rings. The predicted molar refractivity (Wildman–Crippen MR) is 249 cm³/mol. The van der Waals surface area contributed by atoms with Gasteiger partial charge in [-0.2, -0.15) is 0 Å². The summed E-state index contributed by atoms with van der Waals surface area (Å²) in [5.41, 5.74) is 16.9. The molecule has 10 rings (SSSR count). The smallest absolute Gasteiger partial charge is 0.164 e. The van der Waals surface area contributed by atoms with E-state index in [1.165, 1.54) is 33.4 Å². The van der Waals surface area contributed by atoms with Crippen LogP contribution in [0.1, 0.15) is 0 Å². The van der Waals surface area contributed by atoms with Crippen molar-refractivity contribution >= 4 is 0 Å². The average Bonchev–Trinajstić information content (AvgIpc) is 3.35. The summed E-state index contributed by atoms with van der Waals surface area (Å²) in [6.45, 7) is 0. The van der Waals surface area contributed by atoms with E-state index in [0.29, 0.717) is 17.5 Å². The molecular weight excluding hydrogens is 727 g/mol. The Morgan fingerprint density at radius 1 is 0.133 bits per heavy atom. The quantitative estimate of drug-likeness (QED) is 0.147. The van der Waals surface area contributed by atoms with Gasteiger partial charge in [-0.3, -0.25) is 0 Å². The third-order valence-electron chi connectivity index (χ3n) is 11.0. The van der Waals surface area contributed by atoms with Crippen molar-refractivity contribution in [2.75, 3.05) is 0 Å². The Morgan fingerprint density at radius 2 is 0.267 bits per heavy atom. The Labute approximate surface area is 351 Å². The van der Waals surface area contributed by atoms with Gasteiger partial charge in [-0.15, -0.1) is 0 Å². The minimum absolute atomic E-state index is 0.627. The number of benzene rings is 9. The van der Waals surface area contributed by atoms with Gasteiger partial charge in [-0.1, -0.05) is 237 Å². The van der Waals surface area contributed by atoms with Gasteiger partial charge in [-0.25, -0.2) is 15.0 Å². The predicted octanol–water partition coefficient (Wildman–Crippen LogP) is 14.9. The summed E-state index contributed by atoms with van der Waals surface area (Å²) >= 11 is 0. The Morgan fingerprint density at radius 3 is 0.433 bits per heavy atom. The van der Waals surface area contributed by atoms with Crippen molar-refractivity contribution in [1.29, 1.82) is 0 Å². The lowest BCUT2D eigenvalue weighted by Gasteiger charge is -2.11. The van der Waals surface area contributed by atoms with Crippen LogP contribution >= 0.6 is 0 Å². The zero-order valence-electron chi connectivity index (χ0n) is 32.9. The molecule has 3 nitrogen and oxygen atoms in total. The Hall–Kier alpha value is -8.01. The lowest BCUT2D eigenvalue weighted by atomic mass is 9.99. The number of hydrogen-bond acceptors (Lipinski definition) is 3. The van der Waals surface area contributed by atoms with Gasteiger partial charge in [-0.05, 0) is 66.8 Å². The largest absolute Gasteiger partial charge is 0.208 e. The summed E-state index contributed by atoms with van der Waals surface area (Å²) in [6, 6.07) is 83.0. The standard InChI is InChI=1S/C57H39N3/c1-4-10-40(11-5-1)43-16-22-46(23-17-43)49-28-34-52(35-29-49)55-58-56(53-36-30-50(31-37-53)47-24-18-44(19-25-47)41-12-6-2-7-13-41)60-57(59-55)54-38-32-51(33-39-54)48-26-20-45(21-27-48)42-14-8-3-9-15-42/h1-39H. The Bertz CT molecular complexity index is 2630. The van der Waals surface area contributed by atoms with Crippen LogP contribution < -0.4 is 0 Å². The molecule has 9 aromatic carbocycles. The van der Waals surface area contributed by atoms with Crippen molar-refractivity contribution in [3.63, 3.8) is 0 Å². The van der Waals surface area contributed by atoms with E-state index < -0.39 is 0 Å². The van der Waals surface area contributed by atoms with Crippen molar-refractivity contribution in [1.82, 2.24) is 15.0 Å². The molecule has 0 amide bonds. The SMILES string of the molecule is c1ccc(-c2ccc(-c3ccc(-c4nc(-c5ccc(-c6ccc(-c7ccccc7)cc6)cc5)nc(-c5ccc(-c6ccc(-c7ccccc7)cc6)cc5)n4)cc3)cc2)cc1. The van der Waals surface area contributed by atoms with Crippen LogP contribution in [0.5, 0.6) is 0 Å². The lowest BCUT2D eigenvalue weighted by Crippen LogP contribution is -2.00. The minimum atomic E-state index is 0.627. The molecule has 0 unspecified atom stereocenters. The third kappa shape index (κ3) is 7.80. The van der Waals surface area contributed by atoms with Crippen molar-refractivity contribution in [2.24, 2.45) is 0 Å². The zero-order chi connectivity index (χ0) is 40.1. The molecule has 0 spiro atoms. The molecule has 10 aromatic rings. The van der Waals surface area contributed by atoms with Crippen LogP contribution in [0, 0.1) is 0 Å². The summed E-state index contributed by atoms with van der Waals surface area (Å²) in [5, 5.41) is 0. The van der Waals surface area contributed by atoms with Crippen molar-refractivity contribution in [3.05, 3.63) is 237 Å². The summed E-state index contributed by atoms with van der Waals surface area (Å²) in [5.74, 6) is 1.88. The molecule has 0 aliphatic carbocycles. The van der Waals surface area contributed by atoms with Crippen LogP contribution in [0.2, 0.25) is 0 Å².